The number of hydrogen-bond acceptors (Lipinski definition) is 6. The zero-order valence-electron chi connectivity index (χ0n) is 12.2. The van der Waals surface area contributed by atoms with Gasteiger partial charge in [0.15, 0.2) is 0 Å². The number of benzene rings is 1. The lowest BCUT2D eigenvalue weighted by Gasteiger charge is -2.27. The average molecular weight is 311 g/mol. The van der Waals surface area contributed by atoms with Crippen molar-refractivity contribution in [3.63, 3.8) is 0 Å². The summed E-state index contributed by atoms with van der Waals surface area (Å²) in [6.45, 7) is 3.61. The minimum Gasteiger partial charge on any atom is -0.420 e. The highest BCUT2D eigenvalue weighted by atomic mass is 31.2. The fraction of sp³-hybridized carbons (Fsp3) is 0.357. The molecule has 0 fully saturated rings. The van der Waals surface area contributed by atoms with Crippen LogP contribution < -0.4 is 9.84 Å². The second kappa shape index (κ2) is 6.02. The van der Waals surface area contributed by atoms with Crippen LogP contribution >= 0.6 is 7.60 Å². The molecule has 0 bridgehead atoms. The van der Waals surface area contributed by atoms with Crippen LogP contribution in [0.1, 0.15) is 22.8 Å². The van der Waals surface area contributed by atoms with Gasteiger partial charge in [-0.05, 0) is 26.0 Å². The van der Waals surface area contributed by atoms with Crippen LogP contribution in [0.15, 0.2) is 29.2 Å². The number of hydrogen-bond donors (Lipinski definition) is 2. The topological polar surface area (TPSA) is 84.9 Å². The number of allylic oxidation sites excluding steroid dienone is 2. The number of carbonyl (C=O) groups is 1. The van der Waals surface area contributed by atoms with Crippen molar-refractivity contribution in [2.24, 2.45) is 0 Å². The Hall–Kier alpha value is -1.62. The lowest BCUT2D eigenvalue weighted by Crippen LogP contribution is -2.24. The zero-order chi connectivity index (χ0) is 15.6. The van der Waals surface area contributed by atoms with Gasteiger partial charge >= 0.3 is 7.60 Å². The minimum atomic E-state index is -3.72. The van der Waals surface area contributed by atoms with Crippen molar-refractivity contribution in [2.75, 3.05) is 20.3 Å². The molecule has 2 N–H and O–H groups in total. The standard InChI is InChI=1S/C14H18NO5P/c1-9-4-5-12-11(8-9)13(17)14(10(2)15-6-7-16)21(18,19-3)20-12/h4-5,8,15-16H,6-7H2,1-3H3/b14-10+. The third-order valence-corrected chi connectivity index (χ3v) is 5.19. The normalized spacial score (nSPS) is 23.3. The lowest BCUT2D eigenvalue weighted by molar-refractivity contribution is 0.102. The molecule has 2 rings (SSSR count). The van der Waals surface area contributed by atoms with Crippen LogP contribution in [0.3, 0.4) is 0 Å². The lowest BCUT2D eigenvalue weighted by atomic mass is 10.1. The Labute approximate surface area is 123 Å². The van der Waals surface area contributed by atoms with E-state index in [0.717, 1.165) is 5.56 Å². The van der Waals surface area contributed by atoms with Gasteiger partial charge in [-0.3, -0.25) is 9.32 Å². The number of aliphatic hydroxyl groups excluding tert-OH is 1. The SMILES string of the molecule is COP1(=O)Oc2ccc(C)cc2C(=O)/C1=C(/C)NCCO. The summed E-state index contributed by atoms with van der Waals surface area (Å²) in [5.74, 6) is -0.123. The molecule has 1 aromatic carbocycles. The summed E-state index contributed by atoms with van der Waals surface area (Å²) in [4.78, 5) is 12.7. The van der Waals surface area contributed by atoms with Crippen molar-refractivity contribution < 1.29 is 23.5 Å². The molecule has 0 aliphatic carbocycles. The van der Waals surface area contributed by atoms with Crippen molar-refractivity contribution >= 4 is 13.4 Å². The molecule has 1 aliphatic heterocycles. The number of aryl methyl sites for hydroxylation is 1. The van der Waals surface area contributed by atoms with Gasteiger partial charge in [-0.2, -0.15) is 0 Å². The molecule has 1 aliphatic rings. The van der Waals surface area contributed by atoms with Gasteiger partial charge in [0.05, 0.1) is 12.2 Å². The van der Waals surface area contributed by atoms with Gasteiger partial charge in [-0.1, -0.05) is 11.6 Å². The Morgan fingerprint density at radius 1 is 1.48 bits per heavy atom. The number of Topliss-reactive ketones (excluding diaryl/α,β-unsaturated/α-hetero) is 1. The molecule has 1 unspecified atom stereocenters. The summed E-state index contributed by atoms with van der Waals surface area (Å²) in [5, 5.41) is 11.7. The summed E-state index contributed by atoms with van der Waals surface area (Å²) >= 11 is 0. The van der Waals surface area contributed by atoms with Gasteiger partial charge in [0, 0.05) is 19.4 Å². The molecule has 0 aromatic heterocycles. The molecule has 0 amide bonds. The number of ketones is 1. The van der Waals surface area contributed by atoms with Gasteiger partial charge in [0.1, 0.15) is 11.1 Å². The molecule has 0 saturated heterocycles. The fourth-order valence-corrected chi connectivity index (χ4v) is 3.78. The molecule has 1 atom stereocenters. The molecule has 1 aromatic rings. The van der Waals surface area contributed by atoms with Crippen LogP contribution in [0.2, 0.25) is 0 Å². The molecule has 0 saturated carbocycles. The number of rotatable bonds is 4. The maximum Gasteiger partial charge on any atom is 0.416 e. The Balaban J connectivity index is 2.58. The van der Waals surface area contributed by atoms with Gasteiger partial charge in [0.2, 0.25) is 5.78 Å². The first-order valence-electron chi connectivity index (χ1n) is 6.50. The largest absolute Gasteiger partial charge is 0.420 e. The Morgan fingerprint density at radius 3 is 2.81 bits per heavy atom. The zero-order valence-corrected chi connectivity index (χ0v) is 13.1. The molecule has 6 nitrogen and oxygen atoms in total. The van der Waals surface area contributed by atoms with Crippen LogP contribution in [0.4, 0.5) is 0 Å². The van der Waals surface area contributed by atoms with Crippen molar-refractivity contribution in [2.45, 2.75) is 13.8 Å². The minimum absolute atomic E-state index is 0.0171. The number of fused-ring (bicyclic) bond motifs is 1. The molecular formula is C14H18NO5P. The second-order valence-electron chi connectivity index (χ2n) is 4.72. The van der Waals surface area contributed by atoms with Crippen molar-refractivity contribution in [1.29, 1.82) is 0 Å². The van der Waals surface area contributed by atoms with Crippen LogP contribution in [0.5, 0.6) is 5.75 Å². The summed E-state index contributed by atoms with van der Waals surface area (Å²) in [7, 11) is -2.48. The third-order valence-electron chi connectivity index (χ3n) is 3.18. The monoisotopic (exact) mass is 311 g/mol. The van der Waals surface area contributed by atoms with Crippen LogP contribution in [0.25, 0.3) is 0 Å². The highest BCUT2D eigenvalue weighted by molar-refractivity contribution is 7.60. The summed E-state index contributed by atoms with van der Waals surface area (Å²) in [5.41, 5.74) is 1.64. The fourth-order valence-electron chi connectivity index (χ4n) is 2.16. The van der Waals surface area contributed by atoms with E-state index >= 15 is 0 Å². The van der Waals surface area contributed by atoms with E-state index in [0.29, 0.717) is 11.3 Å². The summed E-state index contributed by atoms with van der Waals surface area (Å²) in [6.07, 6.45) is 0. The van der Waals surface area contributed by atoms with Gasteiger partial charge in [0.25, 0.3) is 0 Å². The quantitative estimate of drug-likeness (QED) is 0.655. The van der Waals surface area contributed by atoms with Gasteiger partial charge < -0.3 is 14.9 Å². The first-order valence-corrected chi connectivity index (χ1v) is 8.04. The first-order chi connectivity index (χ1) is 9.92. The maximum absolute atomic E-state index is 12.8. The van der Waals surface area contributed by atoms with E-state index in [-0.39, 0.29) is 30.0 Å². The molecule has 7 heteroatoms. The summed E-state index contributed by atoms with van der Waals surface area (Å²) in [6, 6.07) is 5.08. The third kappa shape index (κ3) is 2.88. The highest BCUT2D eigenvalue weighted by Crippen LogP contribution is 2.60. The average Bonchev–Trinajstić information content (AvgIpc) is 2.46. The first kappa shape index (κ1) is 15.8. The predicted octanol–water partition coefficient (Wildman–Crippen LogP) is 2.22. The Bertz CT molecular complexity index is 653. The van der Waals surface area contributed by atoms with E-state index in [1.807, 2.05) is 6.92 Å². The smallest absolute Gasteiger partial charge is 0.416 e. The van der Waals surface area contributed by atoms with E-state index in [2.05, 4.69) is 5.32 Å². The Morgan fingerprint density at radius 2 is 2.19 bits per heavy atom. The molecule has 0 radical (unpaired) electrons. The van der Waals surface area contributed by atoms with E-state index in [1.165, 1.54) is 7.11 Å². The van der Waals surface area contributed by atoms with Crippen molar-refractivity contribution in [3.05, 3.63) is 40.3 Å². The molecule has 21 heavy (non-hydrogen) atoms. The van der Waals surface area contributed by atoms with Gasteiger partial charge in [-0.25, -0.2) is 4.57 Å². The Kier molecular flexibility index (Phi) is 4.52. The number of carbonyl (C=O) groups excluding carboxylic acids is 1. The molecule has 0 spiro atoms. The van der Waals surface area contributed by atoms with Crippen molar-refractivity contribution in [1.82, 2.24) is 5.32 Å². The second-order valence-corrected chi connectivity index (χ2v) is 6.71. The predicted molar refractivity (Wildman–Crippen MR) is 78.5 cm³/mol. The number of nitrogens with one attached hydrogen (secondary N) is 1. The molecule has 1 heterocycles. The highest BCUT2D eigenvalue weighted by Gasteiger charge is 2.43. The van der Waals surface area contributed by atoms with Gasteiger partial charge in [-0.15, -0.1) is 0 Å². The summed E-state index contributed by atoms with van der Waals surface area (Å²) < 4.78 is 23.2. The van der Waals surface area contributed by atoms with Crippen LogP contribution in [-0.2, 0) is 9.09 Å². The molecular weight excluding hydrogens is 293 g/mol. The number of aliphatic hydroxyl groups is 1. The maximum atomic E-state index is 12.8. The van der Waals surface area contributed by atoms with E-state index in [9.17, 15) is 9.36 Å². The van der Waals surface area contributed by atoms with Crippen LogP contribution in [-0.4, -0.2) is 31.2 Å². The van der Waals surface area contributed by atoms with Crippen molar-refractivity contribution in [3.8, 4) is 5.75 Å². The van der Waals surface area contributed by atoms with E-state index < -0.39 is 7.60 Å². The van der Waals surface area contributed by atoms with E-state index in [4.69, 9.17) is 14.2 Å². The van der Waals surface area contributed by atoms with E-state index in [1.54, 1.807) is 25.1 Å². The van der Waals surface area contributed by atoms with Crippen LogP contribution in [0, 0.1) is 6.92 Å². The molecule has 114 valence electrons.